The number of rotatable bonds is 2. The number of hydrogen-bond acceptors (Lipinski definition) is 1. The molecule has 0 aliphatic heterocycles. The van der Waals surface area contributed by atoms with E-state index in [1.807, 2.05) is 24.3 Å². The van der Waals surface area contributed by atoms with E-state index in [4.69, 9.17) is 23.2 Å². The monoisotopic (exact) mass is 391 g/mol. The highest BCUT2D eigenvalue weighted by Gasteiger charge is 2.14. The third kappa shape index (κ3) is 3.16. The molecule has 0 aromatic heterocycles. The number of amides is 1. The van der Waals surface area contributed by atoms with E-state index >= 15 is 0 Å². The van der Waals surface area contributed by atoms with E-state index in [1.165, 1.54) is 0 Å². The van der Waals surface area contributed by atoms with Gasteiger partial charge < -0.3 is 5.32 Å². The Morgan fingerprint density at radius 2 is 1.56 bits per heavy atom. The number of carbonyl (C=O) groups excluding carboxylic acids is 1. The molecule has 0 aliphatic carbocycles. The highest BCUT2D eigenvalue weighted by atomic mass is 127. The van der Waals surface area contributed by atoms with Gasteiger partial charge in [0.25, 0.3) is 5.91 Å². The maximum Gasteiger partial charge on any atom is 0.258 e. The molecule has 1 amide bonds. The molecule has 0 bridgehead atoms. The minimum Gasteiger partial charge on any atom is -0.322 e. The van der Waals surface area contributed by atoms with Crippen LogP contribution < -0.4 is 5.32 Å². The number of benzene rings is 2. The Labute approximate surface area is 128 Å². The van der Waals surface area contributed by atoms with Crippen LogP contribution in [-0.4, -0.2) is 5.91 Å². The fourth-order valence-corrected chi connectivity index (χ4v) is 2.37. The second-order valence-corrected chi connectivity index (χ2v) is 5.62. The van der Waals surface area contributed by atoms with E-state index in [-0.39, 0.29) is 5.91 Å². The molecule has 2 rings (SSSR count). The van der Waals surface area contributed by atoms with Crippen LogP contribution >= 0.6 is 45.8 Å². The molecule has 5 heteroatoms. The molecule has 2 aromatic carbocycles. The van der Waals surface area contributed by atoms with Gasteiger partial charge in [-0.15, -0.1) is 0 Å². The summed E-state index contributed by atoms with van der Waals surface area (Å²) in [6, 6.07) is 12.4. The largest absolute Gasteiger partial charge is 0.322 e. The minimum atomic E-state index is -0.313. The SMILES string of the molecule is O=C(Nc1ccc(I)cc1)c1c(Cl)cccc1Cl. The smallest absolute Gasteiger partial charge is 0.258 e. The first kappa shape index (κ1) is 13.6. The quantitative estimate of drug-likeness (QED) is 0.728. The summed E-state index contributed by atoms with van der Waals surface area (Å²) in [5, 5.41) is 3.43. The summed E-state index contributed by atoms with van der Waals surface area (Å²) in [6.07, 6.45) is 0. The van der Waals surface area contributed by atoms with E-state index in [9.17, 15) is 4.79 Å². The fraction of sp³-hybridized carbons (Fsp3) is 0. The zero-order valence-electron chi connectivity index (χ0n) is 9.08. The van der Waals surface area contributed by atoms with Crippen molar-refractivity contribution in [3.05, 3.63) is 61.6 Å². The van der Waals surface area contributed by atoms with Crippen molar-refractivity contribution in [2.75, 3.05) is 5.32 Å². The molecule has 0 fully saturated rings. The van der Waals surface area contributed by atoms with Gasteiger partial charge in [-0.3, -0.25) is 4.79 Å². The van der Waals surface area contributed by atoms with E-state index < -0.39 is 0 Å². The summed E-state index contributed by atoms with van der Waals surface area (Å²) in [5.74, 6) is -0.313. The molecule has 0 spiro atoms. The third-order valence-corrected chi connectivity index (χ3v) is 3.64. The van der Waals surface area contributed by atoms with Gasteiger partial charge in [-0.25, -0.2) is 0 Å². The molecule has 0 atom stereocenters. The molecule has 1 N–H and O–H groups in total. The molecular formula is C13H8Cl2INO. The Kier molecular flexibility index (Phi) is 4.48. The standard InChI is InChI=1S/C13H8Cl2INO/c14-10-2-1-3-11(15)12(10)13(18)17-9-6-4-8(16)5-7-9/h1-7H,(H,17,18). The normalized spacial score (nSPS) is 10.2. The lowest BCUT2D eigenvalue weighted by Crippen LogP contribution is -2.13. The Balaban J connectivity index is 2.25. The maximum atomic E-state index is 12.1. The third-order valence-electron chi connectivity index (χ3n) is 2.29. The predicted octanol–water partition coefficient (Wildman–Crippen LogP) is 4.85. The van der Waals surface area contributed by atoms with Crippen LogP contribution in [0, 0.1) is 3.57 Å². The number of nitrogens with one attached hydrogen (secondary N) is 1. The summed E-state index contributed by atoms with van der Waals surface area (Å²) in [4.78, 5) is 12.1. The van der Waals surface area contributed by atoms with Crippen LogP contribution in [0.1, 0.15) is 10.4 Å². The number of halogens is 3. The molecule has 0 aliphatic rings. The van der Waals surface area contributed by atoms with Gasteiger partial charge in [0.05, 0.1) is 15.6 Å². The Bertz CT molecular complexity index is 564. The van der Waals surface area contributed by atoms with Gasteiger partial charge in [0, 0.05) is 9.26 Å². The molecule has 92 valence electrons. The summed E-state index contributed by atoms with van der Waals surface area (Å²) < 4.78 is 1.10. The molecule has 0 heterocycles. The van der Waals surface area contributed by atoms with Crippen LogP contribution in [0.3, 0.4) is 0 Å². The van der Waals surface area contributed by atoms with Crippen molar-refractivity contribution < 1.29 is 4.79 Å². The topological polar surface area (TPSA) is 29.1 Å². The van der Waals surface area contributed by atoms with Gasteiger partial charge in [-0.05, 0) is 59.0 Å². The van der Waals surface area contributed by atoms with Gasteiger partial charge in [0.1, 0.15) is 0 Å². The van der Waals surface area contributed by atoms with Gasteiger partial charge in [0.15, 0.2) is 0 Å². The zero-order valence-corrected chi connectivity index (χ0v) is 12.8. The van der Waals surface area contributed by atoms with E-state index in [0.717, 1.165) is 3.57 Å². The lowest BCUT2D eigenvalue weighted by Gasteiger charge is -2.08. The van der Waals surface area contributed by atoms with Crippen molar-refractivity contribution in [1.29, 1.82) is 0 Å². The molecule has 0 saturated heterocycles. The Morgan fingerprint density at radius 3 is 2.11 bits per heavy atom. The zero-order chi connectivity index (χ0) is 13.1. The summed E-state index contributed by atoms with van der Waals surface area (Å²) in [5.41, 5.74) is 0.996. The van der Waals surface area contributed by atoms with E-state index in [2.05, 4.69) is 27.9 Å². The van der Waals surface area contributed by atoms with Crippen LogP contribution in [0.15, 0.2) is 42.5 Å². The summed E-state index contributed by atoms with van der Waals surface area (Å²) >= 11 is 14.1. The molecule has 0 saturated carbocycles. The summed E-state index contributed by atoms with van der Waals surface area (Å²) in [7, 11) is 0. The molecule has 2 aromatic rings. The van der Waals surface area contributed by atoms with Gasteiger partial charge in [-0.2, -0.15) is 0 Å². The average Bonchev–Trinajstić information content (AvgIpc) is 2.32. The van der Waals surface area contributed by atoms with E-state index in [0.29, 0.717) is 21.3 Å². The van der Waals surface area contributed by atoms with E-state index in [1.54, 1.807) is 18.2 Å². The van der Waals surface area contributed by atoms with Crippen LogP contribution in [0.4, 0.5) is 5.69 Å². The van der Waals surface area contributed by atoms with Crippen molar-refractivity contribution >= 4 is 57.4 Å². The first-order chi connectivity index (χ1) is 8.58. The van der Waals surface area contributed by atoms with Crippen molar-refractivity contribution in [3.63, 3.8) is 0 Å². The second kappa shape index (κ2) is 5.91. The first-order valence-corrected chi connectivity index (χ1v) is 6.92. The maximum absolute atomic E-state index is 12.1. The number of hydrogen-bond donors (Lipinski definition) is 1. The van der Waals surface area contributed by atoms with Crippen molar-refractivity contribution in [2.24, 2.45) is 0 Å². The molecule has 18 heavy (non-hydrogen) atoms. The Morgan fingerprint density at radius 1 is 1.00 bits per heavy atom. The van der Waals surface area contributed by atoms with Crippen LogP contribution in [0.2, 0.25) is 10.0 Å². The summed E-state index contributed by atoms with van der Waals surface area (Å²) in [6.45, 7) is 0. The fourth-order valence-electron chi connectivity index (χ4n) is 1.44. The first-order valence-electron chi connectivity index (χ1n) is 5.09. The van der Waals surface area contributed by atoms with Crippen LogP contribution in [0.25, 0.3) is 0 Å². The number of carbonyl (C=O) groups is 1. The van der Waals surface area contributed by atoms with Gasteiger partial charge >= 0.3 is 0 Å². The molecule has 0 unspecified atom stereocenters. The van der Waals surface area contributed by atoms with Crippen molar-refractivity contribution in [1.82, 2.24) is 0 Å². The van der Waals surface area contributed by atoms with Gasteiger partial charge in [-0.1, -0.05) is 29.3 Å². The molecule has 2 nitrogen and oxygen atoms in total. The lowest BCUT2D eigenvalue weighted by atomic mass is 10.2. The van der Waals surface area contributed by atoms with Crippen LogP contribution in [-0.2, 0) is 0 Å². The highest BCUT2D eigenvalue weighted by Crippen LogP contribution is 2.25. The average molecular weight is 392 g/mol. The highest BCUT2D eigenvalue weighted by molar-refractivity contribution is 14.1. The Hall–Kier alpha value is -0.780. The van der Waals surface area contributed by atoms with Crippen LogP contribution in [0.5, 0.6) is 0 Å². The molecule has 0 radical (unpaired) electrons. The predicted molar refractivity (Wildman–Crippen MR) is 83.6 cm³/mol. The van der Waals surface area contributed by atoms with Gasteiger partial charge in [0.2, 0.25) is 0 Å². The minimum absolute atomic E-state index is 0.291. The molecular weight excluding hydrogens is 384 g/mol. The van der Waals surface area contributed by atoms with Crippen molar-refractivity contribution in [3.8, 4) is 0 Å². The lowest BCUT2D eigenvalue weighted by molar-refractivity contribution is 0.102. The second-order valence-electron chi connectivity index (χ2n) is 3.56. The number of anilines is 1. The van der Waals surface area contributed by atoms with Crippen molar-refractivity contribution in [2.45, 2.75) is 0 Å².